The summed E-state index contributed by atoms with van der Waals surface area (Å²) in [5.41, 5.74) is -1.32. The van der Waals surface area contributed by atoms with E-state index >= 15 is 0 Å². The van der Waals surface area contributed by atoms with Gasteiger partial charge >= 0.3 is 12.1 Å². The van der Waals surface area contributed by atoms with E-state index in [1.807, 2.05) is 0 Å². The number of rotatable bonds is 6. The van der Waals surface area contributed by atoms with Crippen molar-refractivity contribution in [2.45, 2.75) is 32.0 Å². The van der Waals surface area contributed by atoms with Crippen LogP contribution in [0.1, 0.15) is 35.7 Å². The minimum atomic E-state index is -4.73. The van der Waals surface area contributed by atoms with Gasteiger partial charge in [0.05, 0.1) is 5.56 Å². The molecule has 1 atom stereocenters. The zero-order valence-corrected chi connectivity index (χ0v) is 10.6. The second-order valence-corrected chi connectivity index (χ2v) is 4.10. The minimum Gasteiger partial charge on any atom is -0.479 e. The number of hydrogen-bond acceptors (Lipinski definition) is 3. The molecule has 0 aliphatic rings. The predicted molar refractivity (Wildman–Crippen MR) is 63.8 cm³/mol. The Labute approximate surface area is 113 Å². The lowest BCUT2D eigenvalue weighted by molar-refractivity contribution is -0.148. The first-order chi connectivity index (χ1) is 9.29. The SMILES string of the molecule is CCCC(Oc1ccc(C=O)cc1C(F)(F)F)C(=O)O. The number of hydrogen-bond donors (Lipinski definition) is 1. The third-order valence-electron chi connectivity index (χ3n) is 2.54. The highest BCUT2D eigenvalue weighted by atomic mass is 19.4. The molecule has 110 valence electrons. The van der Waals surface area contributed by atoms with Crippen LogP contribution in [0.2, 0.25) is 0 Å². The molecular weight excluding hydrogens is 277 g/mol. The third-order valence-corrected chi connectivity index (χ3v) is 2.54. The van der Waals surface area contributed by atoms with Crippen molar-refractivity contribution in [2.75, 3.05) is 0 Å². The Balaban J connectivity index is 3.16. The van der Waals surface area contributed by atoms with E-state index in [0.717, 1.165) is 12.1 Å². The summed E-state index contributed by atoms with van der Waals surface area (Å²) in [5.74, 6) is -1.93. The lowest BCUT2D eigenvalue weighted by atomic mass is 10.1. The van der Waals surface area contributed by atoms with Gasteiger partial charge in [-0.2, -0.15) is 13.2 Å². The summed E-state index contributed by atoms with van der Waals surface area (Å²) >= 11 is 0. The molecule has 0 saturated carbocycles. The van der Waals surface area contributed by atoms with Gasteiger partial charge in [0.1, 0.15) is 12.0 Å². The molecule has 20 heavy (non-hydrogen) atoms. The van der Waals surface area contributed by atoms with E-state index in [-0.39, 0.29) is 18.3 Å². The number of alkyl halides is 3. The first-order valence-electron chi connectivity index (χ1n) is 5.85. The highest BCUT2D eigenvalue weighted by molar-refractivity contribution is 5.76. The fraction of sp³-hybridized carbons (Fsp3) is 0.385. The zero-order chi connectivity index (χ0) is 15.3. The molecular formula is C13H13F3O4. The van der Waals surface area contributed by atoms with Crippen LogP contribution in [0.3, 0.4) is 0 Å². The first kappa shape index (κ1) is 16.0. The molecule has 1 aromatic rings. The van der Waals surface area contributed by atoms with Crippen molar-refractivity contribution in [3.05, 3.63) is 29.3 Å². The number of carbonyl (C=O) groups excluding carboxylic acids is 1. The Morgan fingerprint density at radius 3 is 2.55 bits per heavy atom. The molecule has 1 N–H and O–H groups in total. The molecule has 0 aliphatic carbocycles. The van der Waals surface area contributed by atoms with Gasteiger partial charge in [0, 0.05) is 5.56 Å². The Morgan fingerprint density at radius 2 is 2.10 bits per heavy atom. The van der Waals surface area contributed by atoms with Crippen LogP contribution in [0, 0.1) is 0 Å². The fourth-order valence-electron chi connectivity index (χ4n) is 1.59. The second kappa shape index (κ2) is 6.40. The van der Waals surface area contributed by atoms with Crippen molar-refractivity contribution in [3.63, 3.8) is 0 Å². The molecule has 1 rings (SSSR count). The summed E-state index contributed by atoms with van der Waals surface area (Å²) in [4.78, 5) is 21.4. The number of carbonyl (C=O) groups is 2. The van der Waals surface area contributed by atoms with Crippen molar-refractivity contribution >= 4 is 12.3 Å². The Morgan fingerprint density at radius 1 is 1.45 bits per heavy atom. The molecule has 0 radical (unpaired) electrons. The lowest BCUT2D eigenvalue weighted by Gasteiger charge is -2.18. The minimum absolute atomic E-state index is 0.0854. The largest absolute Gasteiger partial charge is 0.479 e. The van der Waals surface area contributed by atoms with Crippen LogP contribution in [0.15, 0.2) is 18.2 Å². The van der Waals surface area contributed by atoms with Gasteiger partial charge < -0.3 is 9.84 Å². The van der Waals surface area contributed by atoms with Gasteiger partial charge in [0.2, 0.25) is 0 Å². The third kappa shape index (κ3) is 3.97. The quantitative estimate of drug-likeness (QED) is 0.817. The highest BCUT2D eigenvalue weighted by Crippen LogP contribution is 2.37. The molecule has 7 heteroatoms. The van der Waals surface area contributed by atoms with Gasteiger partial charge in [0.15, 0.2) is 6.10 Å². The van der Waals surface area contributed by atoms with Crippen molar-refractivity contribution in [2.24, 2.45) is 0 Å². The molecule has 0 amide bonds. The topological polar surface area (TPSA) is 63.6 Å². The van der Waals surface area contributed by atoms with Crippen LogP contribution in [0.25, 0.3) is 0 Å². The number of ether oxygens (including phenoxy) is 1. The van der Waals surface area contributed by atoms with E-state index < -0.39 is 29.6 Å². The van der Waals surface area contributed by atoms with E-state index in [1.165, 1.54) is 0 Å². The second-order valence-electron chi connectivity index (χ2n) is 4.10. The van der Waals surface area contributed by atoms with Crippen LogP contribution in [0.5, 0.6) is 5.75 Å². The molecule has 1 aromatic carbocycles. The molecule has 1 unspecified atom stereocenters. The lowest BCUT2D eigenvalue weighted by Crippen LogP contribution is -2.27. The highest BCUT2D eigenvalue weighted by Gasteiger charge is 2.35. The molecule has 0 aliphatic heterocycles. The normalized spacial score (nSPS) is 12.8. The maximum absolute atomic E-state index is 12.9. The van der Waals surface area contributed by atoms with Crippen LogP contribution in [0.4, 0.5) is 13.2 Å². The van der Waals surface area contributed by atoms with E-state index in [0.29, 0.717) is 12.5 Å². The molecule has 0 heterocycles. The van der Waals surface area contributed by atoms with E-state index in [1.54, 1.807) is 6.92 Å². The van der Waals surface area contributed by atoms with E-state index in [9.17, 15) is 22.8 Å². The maximum Gasteiger partial charge on any atom is 0.419 e. The van der Waals surface area contributed by atoms with Crippen LogP contribution in [-0.2, 0) is 11.0 Å². The molecule has 0 spiro atoms. The molecule has 0 bridgehead atoms. The summed E-state index contributed by atoms with van der Waals surface area (Å²) in [6.07, 6.45) is -5.28. The van der Waals surface area contributed by atoms with Crippen LogP contribution >= 0.6 is 0 Å². The van der Waals surface area contributed by atoms with E-state index in [2.05, 4.69) is 0 Å². The van der Waals surface area contributed by atoms with Gasteiger partial charge in [-0.25, -0.2) is 4.79 Å². The fourth-order valence-corrected chi connectivity index (χ4v) is 1.59. The van der Waals surface area contributed by atoms with Gasteiger partial charge in [-0.05, 0) is 24.6 Å². The predicted octanol–water partition coefficient (Wildman–Crippen LogP) is 3.15. The number of aliphatic carboxylic acids is 1. The summed E-state index contributed by atoms with van der Waals surface area (Å²) in [6.45, 7) is 1.69. The summed E-state index contributed by atoms with van der Waals surface area (Å²) in [6, 6.07) is 2.73. The van der Waals surface area contributed by atoms with Crippen molar-refractivity contribution in [1.29, 1.82) is 0 Å². The average Bonchev–Trinajstić information content (AvgIpc) is 2.37. The maximum atomic E-state index is 12.9. The molecule has 0 fully saturated rings. The summed E-state index contributed by atoms with van der Waals surface area (Å²) < 4.78 is 43.5. The van der Waals surface area contributed by atoms with Gasteiger partial charge in [0.25, 0.3) is 0 Å². The summed E-state index contributed by atoms with van der Waals surface area (Å²) in [7, 11) is 0. The Bertz CT molecular complexity index is 497. The van der Waals surface area contributed by atoms with Crippen molar-refractivity contribution in [1.82, 2.24) is 0 Å². The smallest absolute Gasteiger partial charge is 0.419 e. The van der Waals surface area contributed by atoms with Crippen molar-refractivity contribution < 1.29 is 32.6 Å². The molecule has 0 saturated heterocycles. The monoisotopic (exact) mass is 290 g/mol. The van der Waals surface area contributed by atoms with Crippen molar-refractivity contribution in [3.8, 4) is 5.75 Å². The van der Waals surface area contributed by atoms with Gasteiger partial charge in [-0.15, -0.1) is 0 Å². The van der Waals surface area contributed by atoms with Gasteiger partial charge in [-0.3, -0.25) is 4.79 Å². The number of carboxylic acid groups (broad SMARTS) is 1. The number of halogens is 3. The molecule has 4 nitrogen and oxygen atoms in total. The standard InChI is InChI=1S/C13H13F3O4/c1-2-3-11(12(18)19)20-10-5-4-8(7-17)6-9(10)13(14,15)16/h4-7,11H,2-3H2,1H3,(H,18,19). The van der Waals surface area contributed by atoms with E-state index in [4.69, 9.17) is 9.84 Å². The van der Waals surface area contributed by atoms with Gasteiger partial charge in [-0.1, -0.05) is 13.3 Å². The Kier molecular flexibility index (Phi) is 5.12. The molecule has 0 aromatic heterocycles. The van der Waals surface area contributed by atoms with Crippen LogP contribution < -0.4 is 4.74 Å². The number of benzene rings is 1. The zero-order valence-electron chi connectivity index (χ0n) is 10.6. The number of carboxylic acids is 1. The number of aldehydes is 1. The Hall–Kier alpha value is -2.05. The average molecular weight is 290 g/mol. The summed E-state index contributed by atoms with van der Waals surface area (Å²) in [5, 5.41) is 8.90. The van der Waals surface area contributed by atoms with Crippen LogP contribution in [-0.4, -0.2) is 23.5 Å². The first-order valence-corrected chi connectivity index (χ1v) is 5.85.